The van der Waals surface area contributed by atoms with Gasteiger partial charge in [-0.15, -0.1) is 0 Å². The highest BCUT2D eigenvalue weighted by molar-refractivity contribution is 5.99. The van der Waals surface area contributed by atoms with Gasteiger partial charge in [-0.1, -0.05) is 42.4 Å². The van der Waals surface area contributed by atoms with E-state index in [0.29, 0.717) is 48.9 Å². The molecule has 25 heavy (non-hydrogen) atoms. The van der Waals surface area contributed by atoms with E-state index in [1.165, 1.54) is 0 Å². The first kappa shape index (κ1) is 16.9. The smallest absolute Gasteiger partial charge is 0.255 e. The van der Waals surface area contributed by atoms with Crippen LogP contribution in [0.5, 0.6) is 0 Å². The first-order valence-corrected chi connectivity index (χ1v) is 8.43. The van der Waals surface area contributed by atoms with Crippen molar-refractivity contribution in [2.75, 3.05) is 6.54 Å². The van der Waals surface area contributed by atoms with Gasteiger partial charge in [0.2, 0.25) is 5.89 Å². The minimum absolute atomic E-state index is 0.155. The number of aryl methyl sites for hydroxylation is 2. The molecule has 0 saturated heterocycles. The molecule has 0 atom stereocenters. The molecule has 0 fully saturated rings. The maximum Gasteiger partial charge on any atom is 0.255 e. The van der Waals surface area contributed by atoms with Crippen LogP contribution in [-0.4, -0.2) is 32.4 Å². The summed E-state index contributed by atoms with van der Waals surface area (Å²) in [6.45, 7) is 5.09. The van der Waals surface area contributed by atoms with E-state index >= 15 is 0 Å². The maximum atomic E-state index is 12.6. The number of amides is 1. The van der Waals surface area contributed by atoms with Crippen LogP contribution >= 0.6 is 0 Å². The van der Waals surface area contributed by atoms with Crippen LogP contribution in [0.15, 0.2) is 41.1 Å². The van der Waals surface area contributed by atoms with Gasteiger partial charge in [-0.2, -0.15) is 10.1 Å². The van der Waals surface area contributed by atoms with E-state index in [0.717, 1.165) is 5.56 Å². The molecule has 1 amide bonds. The van der Waals surface area contributed by atoms with E-state index in [9.17, 15) is 4.79 Å². The molecule has 0 saturated carbocycles. The van der Waals surface area contributed by atoms with Crippen molar-refractivity contribution >= 4 is 5.91 Å². The normalized spacial score (nSPS) is 10.8. The Hall–Kier alpha value is -2.96. The fourth-order valence-corrected chi connectivity index (χ4v) is 2.48. The summed E-state index contributed by atoms with van der Waals surface area (Å²) < 4.78 is 6.83. The first-order chi connectivity index (χ1) is 12.2. The van der Waals surface area contributed by atoms with Gasteiger partial charge in [0.1, 0.15) is 5.69 Å². The van der Waals surface area contributed by atoms with Gasteiger partial charge >= 0.3 is 0 Å². The van der Waals surface area contributed by atoms with Gasteiger partial charge in [0.25, 0.3) is 5.91 Å². The molecule has 1 N–H and O–H groups in total. The fraction of sp³-hybridized carbons (Fsp3) is 0.333. The summed E-state index contributed by atoms with van der Waals surface area (Å²) in [5.74, 6) is 1.05. The van der Waals surface area contributed by atoms with Gasteiger partial charge in [0.15, 0.2) is 5.82 Å². The number of hydrogen-bond donors (Lipinski definition) is 1. The van der Waals surface area contributed by atoms with Gasteiger partial charge < -0.3 is 9.84 Å². The van der Waals surface area contributed by atoms with Crippen molar-refractivity contribution in [3.63, 3.8) is 0 Å². The summed E-state index contributed by atoms with van der Waals surface area (Å²) >= 11 is 0. The zero-order valence-electron chi connectivity index (χ0n) is 14.4. The Balaban J connectivity index is 1.70. The van der Waals surface area contributed by atoms with E-state index in [1.54, 1.807) is 10.9 Å². The first-order valence-electron chi connectivity index (χ1n) is 8.43. The maximum absolute atomic E-state index is 12.6. The van der Waals surface area contributed by atoms with Crippen molar-refractivity contribution in [2.45, 2.75) is 33.2 Å². The number of carbonyl (C=O) groups is 1. The lowest BCUT2D eigenvalue weighted by Gasteiger charge is -2.04. The standard InChI is InChI=1S/C18H21N5O2/c1-3-16-20-15(22-25-16)10-11-19-18(24)14-12-23(4-2)21-17(14)13-8-6-5-7-9-13/h5-9,12H,3-4,10-11H2,1-2H3,(H,19,24). The van der Waals surface area contributed by atoms with E-state index in [4.69, 9.17) is 4.52 Å². The van der Waals surface area contributed by atoms with Crippen molar-refractivity contribution in [1.29, 1.82) is 0 Å². The number of nitrogens with zero attached hydrogens (tertiary/aromatic N) is 4. The van der Waals surface area contributed by atoms with Gasteiger partial charge in [-0.05, 0) is 6.92 Å². The van der Waals surface area contributed by atoms with Crippen LogP contribution in [0.2, 0.25) is 0 Å². The second kappa shape index (κ2) is 7.74. The summed E-state index contributed by atoms with van der Waals surface area (Å²) in [5.41, 5.74) is 2.17. The van der Waals surface area contributed by atoms with Gasteiger partial charge in [-0.25, -0.2) is 0 Å². The molecule has 0 unspecified atom stereocenters. The Morgan fingerprint density at radius 1 is 1.24 bits per heavy atom. The molecule has 0 radical (unpaired) electrons. The third-order valence-corrected chi connectivity index (χ3v) is 3.82. The van der Waals surface area contributed by atoms with E-state index in [-0.39, 0.29) is 5.91 Å². The molecular formula is C18H21N5O2. The van der Waals surface area contributed by atoms with E-state index in [2.05, 4.69) is 20.6 Å². The Bertz CT molecular complexity index is 838. The van der Waals surface area contributed by atoms with Gasteiger partial charge in [0, 0.05) is 37.7 Å². The Morgan fingerprint density at radius 3 is 2.72 bits per heavy atom. The van der Waals surface area contributed by atoms with Gasteiger partial charge in [0.05, 0.1) is 5.56 Å². The molecule has 7 heteroatoms. The van der Waals surface area contributed by atoms with Gasteiger partial charge in [-0.3, -0.25) is 9.48 Å². The highest BCUT2D eigenvalue weighted by atomic mass is 16.5. The molecule has 0 bridgehead atoms. The Labute approximate surface area is 146 Å². The average Bonchev–Trinajstić information content (AvgIpc) is 3.29. The topological polar surface area (TPSA) is 85.8 Å². The van der Waals surface area contributed by atoms with Crippen molar-refractivity contribution < 1.29 is 9.32 Å². The summed E-state index contributed by atoms with van der Waals surface area (Å²) in [5, 5.41) is 11.3. The molecule has 1 aromatic carbocycles. The van der Waals surface area contributed by atoms with Crippen molar-refractivity contribution in [1.82, 2.24) is 25.2 Å². The lowest BCUT2D eigenvalue weighted by atomic mass is 10.1. The zero-order valence-corrected chi connectivity index (χ0v) is 14.4. The second-order valence-electron chi connectivity index (χ2n) is 5.58. The predicted molar refractivity (Wildman–Crippen MR) is 93.1 cm³/mol. The molecule has 0 aliphatic carbocycles. The molecule has 3 rings (SSSR count). The largest absolute Gasteiger partial charge is 0.351 e. The molecule has 7 nitrogen and oxygen atoms in total. The molecule has 2 aromatic heterocycles. The fourth-order valence-electron chi connectivity index (χ4n) is 2.48. The number of carbonyl (C=O) groups excluding carboxylic acids is 1. The molecule has 0 aliphatic heterocycles. The summed E-state index contributed by atoms with van der Waals surface area (Å²) in [4.78, 5) is 16.8. The molecule has 0 aliphatic rings. The summed E-state index contributed by atoms with van der Waals surface area (Å²) in [6.07, 6.45) is 3.01. The molecule has 130 valence electrons. The van der Waals surface area contributed by atoms with E-state index < -0.39 is 0 Å². The third-order valence-electron chi connectivity index (χ3n) is 3.82. The van der Waals surface area contributed by atoms with Crippen molar-refractivity contribution in [3.8, 4) is 11.3 Å². The highest BCUT2D eigenvalue weighted by Crippen LogP contribution is 2.21. The van der Waals surface area contributed by atoms with Crippen LogP contribution in [0.4, 0.5) is 0 Å². The predicted octanol–water partition coefficient (Wildman–Crippen LogP) is 2.49. The van der Waals surface area contributed by atoms with Crippen LogP contribution in [0.3, 0.4) is 0 Å². The molecule has 3 aromatic rings. The summed E-state index contributed by atoms with van der Waals surface area (Å²) in [6, 6.07) is 9.71. The minimum Gasteiger partial charge on any atom is -0.351 e. The Kier molecular flexibility index (Phi) is 5.23. The zero-order chi connectivity index (χ0) is 17.6. The molecule has 2 heterocycles. The van der Waals surface area contributed by atoms with Crippen LogP contribution in [0.25, 0.3) is 11.3 Å². The number of aromatic nitrogens is 4. The quantitative estimate of drug-likeness (QED) is 0.715. The molecule has 0 spiro atoms. The van der Waals surface area contributed by atoms with Crippen LogP contribution in [-0.2, 0) is 19.4 Å². The lowest BCUT2D eigenvalue weighted by molar-refractivity contribution is 0.0954. The van der Waals surface area contributed by atoms with E-state index in [1.807, 2.05) is 44.2 Å². The molecular weight excluding hydrogens is 318 g/mol. The number of hydrogen-bond acceptors (Lipinski definition) is 5. The van der Waals surface area contributed by atoms with Crippen LogP contribution in [0.1, 0.15) is 35.9 Å². The van der Waals surface area contributed by atoms with Crippen molar-refractivity contribution in [2.24, 2.45) is 0 Å². The number of rotatable bonds is 7. The minimum atomic E-state index is -0.155. The average molecular weight is 339 g/mol. The van der Waals surface area contributed by atoms with Crippen molar-refractivity contribution in [3.05, 3.63) is 53.8 Å². The number of nitrogens with one attached hydrogen (secondary N) is 1. The number of benzene rings is 1. The highest BCUT2D eigenvalue weighted by Gasteiger charge is 2.17. The lowest BCUT2D eigenvalue weighted by Crippen LogP contribution is -2.26. The third kappa shape index (κ3) is 3.93. The van der Waals surface area contributed by atoms with Crippen LogP contribution < -0.4 is 5.32 Å². The second-order valence-corrected chi connectivity index (χ2v) is 5.58. The monoisotopic (exact) mass is 339 g/mol. The van der Waals surface area contributed by atoms with Crippen LogP contribution in [0, 0.1) is 0 Å². The SMILES string of the molecule is CCc1nc(CCNC(=O)c2cn(CC)nc2-c2ccccc2)no1. The summed E-state index contributed by atoms with van der Waals surface area (Å²) in [7, 11) is 0. The Morgan fingerprint density at radius 2 is 2.04 bits per heavy atom.